The molecule has 1 heterocycles. The van der Waals surface area contributed by atoms with E-state index in [0.29, 0.717) is 0 Å². The van der Waals surface area contributed by atoms with Crippen molar-refractivity contribution in [2.75, 3.05) is 36.4 Å². The van der Waals surface area contributed by atoms with Gasteiger partial charge in [-0.05, 0) is 25.1 Å². The second-order valence-electron chi connectivity index (χ2n) is 6.58. The number of nitrogens with zero attached hydrogens (tertiary/aromatic N) is 2. The maximum Gasteiger partial charge on any atom is 0.292 e. The summed E-state index contributed by atoms with van der Waals surface area (Å²) in [6, 6.07) is 13.6. The summed E-state index contributed by atoms with van der Waals surface area (Å²) in [7, 11) is 0. The van der Waals surface area contributed by atoms with Crippen LogP contribution < -0.4 is 15.1 Å². The van der Waals surface area contributed by atoms with Crippen LogP contribution in [0.2, 0.25) is 5.02 Å². The molecular weight excluding hydrogens is 368 g/mol. The smallest absolute Gasteiger partial charge is 0.292 e. The number of amides is 1. The van der Waals surface area contributed by atoms with Gasteiger partial charge in [0.05, 0.1) is 41.8 Å². The van der Waals surface area contributed by atoms with E-state index in [1.807, 2.05) is 31.2 Å². The van der Waals surface area contributed by atoms with Crippen molar-refractivity contribution in [2.45, 2.75) is 13.0 Å². The average molecular weight is 390 g/mol. The van der Waals surface area contributed by atoms with Crippen LogP contribution in [-0.2, 0) is 4.79 Å². The molecule has 2 aromatic carbocycles. The molecule has 1 saturated heterocycles. The first-order valence-corrected chi connectivity index (χ1v) is 9.23. The number of nitrogens with one attached hydrogen (secondary N) is 2. The average Bonchev–Trinajstić information content (AvgIpc) is 2.68. The minimum Gasteiger partial charge on any atom is -0.359 e. The number of para-hydroxylation sites is 3. The van der Waals surface area contributed by atoms with Gasteiger partial charge in [-0.25, -0.2) is 0 Å². The maximum absolute atomic E-state index is 12.6. The molecule has 1 amide bonds. The Morgan fingerprint density at radius 3 is 2.48 bits per heavy atom. The van der Waals surface area contributed by atoms with Crippen molar-refractivity contribution in [2.24, 2.45) is 0 Å². The van der Waals surface area contributed by atoms with Gasteiger partial charge in [0.15, 0.2) is 6.04 Å². The van der Waals surface area contributed by atoms with Gasteiger partial charge < -0.3 is 15.1 Å². The molecule has 8 heteroatoms. The number of nitro benzene ring substituents is 1. The van der Waals surface area contributed by atoms with Crippen LogP contribution in [0, 0.1) is 10.1 Å². The Morgan fingerprint density at radius 2 is 1.81 bits per heavy atom. The number of nitro groups is 1. The van der Waals surface area contributed by atoms with Crippen LogP contribution in [0.3, 0.4) is 0 Å². The van der Waals surface area contributed by atoms with Crippen LogP contribution >= 0.6 is 11.6 Å². The number of anilines is 2. The Bertz CT molecular complexity index is 837. The van der Waals surface area contributed by atoms with Gasteiger partial charge in [-0.15, -0.1) is 0 Å². The fraction of sp³-hybridized carbons (Fsp3) is 0.316. The highest BCUT2D eigenvalue weighted by Gasteiger charge is 2.30. The monoisotopic (exact) mass is 389 g/mol. The van der Waals surface area contributed by atoms with Crippen molar-refractivity contribution in [3.8, 4) is 0 Å². The lowest BCUT2D eigenvalue weighted by Gasteiger charge is -2.36. The molecule has 1 fully saturated rings. The largest absolute Gasteiger partial charge is 0.359 e. The zero-order valence-electron chi connectivity index (χ0n) is 15.0. The highest BCUT2D eigenvalue weighted by Crippen LogP contribution is 2.25. The van der Waals surface area contributed by atoms with Crippen molar-refractivity contribution < 1.29 is 14.6 Å². The van der Waals surface area contributed by atoms with Gasteiger partial charge in [-0.2, -0.15) is 0 Å². The molecule has 0 bridgehead atoms. The van der Waals surface area contributed by atoms with Crippen molar-refractivity contribution >= 4 is 34.6 Å². The number of quaternary nitrogens is 1. The Hall–Kier alpha value is -2.64. The lowest BCUT2D eigenvalue weighted by atomic mass is 10.2. The van der Waals surface area contributed by atoms with E-state index in [1.165, 1.54) is 6.07 Å². The van der Waals surface area contributed by atoms with E-state index in [9.17, 15) is 14.9 Å². The van der Waals surface area contributed by atoms with Gasteiger partial charge >= 0.3 is 0 Å². The van der Waals surface area contributed by atoms with Gasteiger partial charge in [-0.1, -0.05) is 35.9 Å². The Kier molecular flexibility index (Phi) is 5.93. The molecule has 0 unspecified atom stereocenters. The zero-order valence-corrected chi connectivity index (χ0v) is 15.8. The highest BCUT2D eigenvalue weighted by molar-refractivity contribution is 6.33. The van der Waals surface area contributed by atoms with Crippen LogP contribution in [0.15, 0.2) is 48.5 Å². The van der Waals surface area contributed by atoms with Crippen LogP contribution in [0.5, 0.6) is 0 Å². The summed E-state index contributed by atoms with van der Waals surface area (Å²) in [5.41, 5.74) is 1.14. The second kappa shape index (κ2) is 8.37. The van der Waals surface area contributed by atoms with Gasteiger partial charge in [0.25, 0.3) is 11.6 Å². The molecule has 3 rings (SSSR count). The number of piperazine rings is 1. The molecule has 1 atom stereocenters. The van der Waals surface area contributed by atoms with E-state index in [1.54, 1.807) is 18.2 Å². The van der Waals surface area contributed by atoms with Gasteiger partial charge in [-0.3, -0.25) is 14.9 Å². The predicted molar refractivity (Wildman–Crippen MR) is 106 cm³/mol. The molecule has 7 nitrogen and oxygen atoms in total. The molecule has 0 radical (unpaired) electrons. The standard InChI is InChI=1S/C19H21ClN4O3/c1-14(19(25)21-16-7-3-5-9-18(16)24(26)27)22-10-12-23(13-11-22)17-8-4-2-6-15(17)20/h2-9,14H,10-13H2,1H3,(H,21,25)/p+1/t14-/m1/s1. The van der Waals surface area contributed by atoms with Crippen LogP contribution in [-0.4, -0.2) is 43.1 Å². The first kappa shape index (κ1) is 19.1. The molecule has 142 valence electrons. The number of rotatable bonds is 5. The lowest BCUT2D eigenvalue weighted by molar-refractivity contribution is -0.914. The summed E-state index contributed by atoms with van der Waals surface area (Å²) in [6.45, 7) is 5.02. The summed E-state index contributed by atoms with van der Waals surface area (Å²) in [5.74, 6) is -0.217. The molecule has 2 N–H and O–H groups in total. The lowest BCUT2D eigenvalue weighted by Crippen LogP contribution is -3.19. The van der Waals surface area contributed by atoms with E-state index in [2.05, 4.69) is 10.2 Å². The van der Waals surface area contributed by atoms with Crippen molar-refractivity contribution in [3.05, 3.63) is 63.7 Å². The van der Waals surface area contributed by atoms with Crippen molar-refractivity contribution in [3.63, 3.8) is 0 Å². The molecule has 0 saturated carbocycles. The molecule has 1 aliphatic heterocycles. The maximum atomic E-state index is 12.6. The first-order valence-electron chi connectivity index (χ1n) is 8.85. The quantitative estimate of drug-likeness (QED) is 0.605. The third-order valence-electron chi connectivity index (χ3n) is 4.96. The van der Waals surface area contributed by atoms with E-state index in [4.69, 9.17) is 11.6 Å². The normalized spacial score (nSPS) is 16.0. The highest BCUT2D eigenvalue weighted by atomic mass is 35.5. The molecule has 0 spiro atoms. The Morgan fingerprint density at radius 1 is 1.19 bits per heavy atom. The van der Waals surface area contributed by atoms with Crippen LogP contribution in [0.4, 0.5) is 17.1 Å². The second-order valence-corrected chi connectivity index (χ2v) is 6.99. The number of hydrogen-bond acceptors (Lipinski definition) is 4. The van der Waals surface area contributed by atoms with Crippen molar-refractivity contribution in [1.82, 2.24) is 0 Å². The fourth-order valence-electron chi connectivity index (χ4n) is 3.34. The van der Waals surface area contributed by atoms with Crippen LogP contribution in [0.1, 0.15) is 6.92 Å². The van der Waals surface area contributed by atoms with Gasteiger partial charge in [0.1, 0.15) is 5.69 Å². The SMILES string of the molecule is C[C@H](C(=O)Nc1ccccc1[N+](=O)[O-])[NH+]1CCN(c2ccccc2Cl)CC1. The third kappa shape index (κ3) is 4.37. The number of carbonyl (C=O) groups is 1. The Balaban J connectivity index is 1.61. The third-order valence-corrected chi connectivity index (χ3v) is 5.28. The van der Waals surface area contributed by atoms with Crippen molar-refractivity contribution in [1.29, 1.82) is 0 Å². The number of benzene rings is 2. The van der Waals surface area contributed by atoms with E-state index in [0.717, 1.165) is 41.8 Å². The summed E-state index contributed by atoms with van der Waals surface area (Å²) >= 11 is 6.27. The zero-order chi connectivity index (χ0) is 19.4. The van der Waals surface area contributed by atoms with Gasteiger partial charge in [0.2, 0.25) is 0 Å². The topological polar surface area (TPSA) is 79.9 Å². The minimum absolute atomic E-state index is 0.100. The summed E-state index contributed by atoms with van der Waals surface area (Å²) in [4.78, 5) is 26.6. The summed E-state index contributed by atoms with van der Waals surface area (Å²) < 4.78 is 0. The van der Waals surface area contributed by atoms with E-state index < -0.39 is 4.92 Å². The molecular formula is C19H22ClN4O3+. The molecule has 1 aliphatic rings. The van der Waals surface area contributed by atoms with E-state index in [-0.39, 0.29) is 23.3 Å². The molecule has 0 aromatic heterocycles. The molecule has 0 aliphatic carbocycles. The fourth-order valence-corrected chi connectivity index (χ4v) is 3.60. The Labute approximate surface area is 162 Å². The summed E-state index contributed by atoms with van der Waals surface area (Å²) in [5, 5.41) is 14.5. The predicted octanol–water partition coefficient (Wildman–Crippen LogP) is 1.98. The number of carbonyl (C=O) groups excluding carboxylic acids is 1. The minimum atomic E-state index is -0.491. The molecule has 27 heavy (non-hydrogen) atoms. The van der Waals surface area contributed by atoms with E-state index >= 15 is 0 Å². The van der Waals surface area contributed by atoms with Gasteiger partial charge in [0, 0.05) is 6.07 Å². The summed E-state index contributed by atoms with van der Waals surface area (Å²) in [6.07, 6.45) is 0. The number of hydrogen-bond donors (Lipinski definition) is 2. The number of halogens is 1. The first-order chi connectivity index (χ1) is 13.0. The molecule has 2 aromatic rings. The van der Waals surface area contributed by atoms with Crippen LogP contribution in [0.25, 0.3) is 0 Å².